The van der Waals surface area contributed by atoms with Crippen molar-refractivity contribution in [1.29, 1.82) is 0 Å². The molecule has 0 saturated carbocycles. The zero-order chi connectivity index (χ0) is 12.8. The average Bonchev–Trinajstić information content (AvgIpc) is 2.29. The smallest absolute Gasteiger partial charge is 0.307 e. The van der Waals surface area contributed by atoms with Crippen LogP contribution in [0.3, 0.4) is 0 Å². The van der Waals surface area contributed by atoms with Crippen molar-refractivity contribution in [1.82, 2.24) is 0 Å². The van der Waals surface area contributed by atoms with Crippen molar-refractivity contribution in [3.8, 4) is 0 Å². The lowest BCUT2D eigenvalue weighted by atomic mass is 9.85. The topological polar surface area (TPSA) is 54.4 Å². The molecule has 0 spiro atoms. The number of benzene rings is 1. The molecule has 3 nitrogen and oxygen atoms in total. The number of hydrogen-bond donors (Lipinski definition) is 1. The molecule has 92 valence electrons. The summed E-state index contributed by atoms with van der Waals surface area (Å²) in [5, 5.41) is 9.10. The first kappa shape index (κ1) is 13.4. The molecule has 0 aliphatic heterocycles. The Morgan fingerprint density at radius 3 is 2.47 bits per heavy atom. The van der Waals surface area contributed by atoms with E-state index in [1.165, 1.54) is 12.1 Å². The number of aldehydes is 1. The van der Waals surface area contributed by atoms with Crippen LogP contribution in [-0.4, -0.2) is 17.4 Å². The Labute approximate surface area is 99.3 Å². The van der Waals surface area contributed by atoms with Crippen LogP contribution < -0.4 is 0 Å². The fraction of sp³-hybridized carbons (Fsp3) is 0.385. The Balaban J connectivity index is 2.83. The summed E-state index contributed by atoms with van der Waals surface area (Å²) in [5.74, 6) is -2.14. The summed E-state index contributed by atoms with van der Waals surface area (Å²) >= 11 is 0. The van der Waals surface area contributed by atoms with Gasteiger partial charge in [-0.3, -0.25) is 4.79 Å². The first-order valence-electron chi connectivity index (χ1n) is 5.48. The number of carboxylic acids is 1. The predicted octanol–water partition coefficient (Wildman–Crippen LogP) is 2.61. The van der Waals surface area contributed by atoms with Gasteiger partial charge in [0.15, 0.2) is 0 Å². The predicted molar refractivity (Wildman–Crippen MR) is 61.2 cm³/mol. The van der Waals surface area contributed by atoms with E-state index in [0.29, 0.717) is 12.7 Å². The molecule has 1 rings (SSSR count). The van der Waals surface area contributed by atoms with E-state index in [4.69, 9.17) is 5.11 Å². The van der Waals surface area contributed by atoms with Crippen molar-refractivity contribution in [3.05, 3.63) is 35.6 Å². The van der Waals surface area contributed by atoms with Gasteiger partial charge < -0.3 is 9.90 Å². The molecule has 2 atom stereocenters. The second-order valence-corrected chi connectivity index (χ2v) is 4.03. The molecule has 0 aliphatic carbocycles. The van der Waals surface area contributed by atoms with E-state index in [1.54, 1.807) is 19.1 Å². The highest BCUT2D eigenvalue weighted by molar-refractivity contribution is 5.71. The molecule has 4 heteroatoms. The molecule has 0 heterocycles. The number of hydrogen-bond acceptors (Lipinski definition) is 2. The Bertz CT molecular complexity index is 386. The zero-order valence-electron chi connectivity index (χ0n) is 9.60. The summed E-state index contributed by atoms with van der Waals surface area (Å²) in [5.41, 5.74) is 0.768. The van der Waals surface area contributed by atoms with Gasteiger partial charge in [-0.05, 0) is 30.0 Å². The van der Waals surface area contributed by atoms with Gasteiger partial charge >= 0.3 is 5.97 Å². The largest absolute Gasteiger partial charge is 0.481 e. The molecule has 0 saturated heterocycles. The molecule has 2 unspecified atom stereocenters. The second kappa shape index (κ2) is 6.13. The van der Waals surface area contributed by atoms with E-state index >= 15 is 0 Å². The Morgan fingerprint density at radius 2 is 2.00 bits per heavy atom. The van der Waals surface area contributed by atoms with Crippen LogP contribution in [0.25, 0.3) is 0 Å². The first-order chi connectivity index (χ1) is 8.06. The van der Waals surface area contributed by atoms with Gasteiger partial charge in [-0.15, -0.1) is 0 Å². The summed E-state index contributed by atoms with van der Waals surface area (Å²) in [4.78, 5) is 21.4. The van der Waals surface area contributed by atoms with Crippen LogP contribution in [0, 0.1) is 11.7 Å². The number of carboxylic acid groups (broad SMARTS) is 1. The van der Waals surface area contributed by atoms with Gasteiger partial charge in [-0.1, -0.05) is 19.1 Å². The van der Waals surface area contributed by atoms with E-state index in [2.05, 4.69) is 0 Å². The average molecular weight is 238 g/mol. The lowest BCUT2D eigenvalue weighted by Crippen LogP contribution is -2.20. The molecule has 0 fully saturated rings. The normalized spacial score (nSPS) is 14.0. The van der Waals surface area contributed by atoms with Crippen molar-refractivity contribution in [2.75, 3.05) is 0 Å². The zero-order valence-corrected chi connectivity index (χ0v) is 9.60. The van der Waals surface area contributed by atoms with E-state index < -0.39 is 11.9 Å². The molecule has 0 bridgehead atoms. The van der Waals surface area contributed by atoms with Gasteiger partial charge in [-0.25, -0.2) is 4.39 Å². The second-order valence-electron chi connectivity index (χ2n) is 4.03. The lowest BCUT2D eigenvalue weighted by molar-refractivity contribution is -0.142. The SMILES string of the molecule is CC(c1ccc(F)cc1)C(CCC=O)C(=O)O. The maximum atomic E-state index is 12.7. The first-order valence-corrected chi connectivity index (χ1v) is 5.48. The Kier molecular flexibility index (Phi) is 4.82. The molecule has 1 aromatic carbocycles. The number of rotatable bonds is 6. The van der Waals surface area contributed by atoms with Crippen molar-refractivity contribution in [2.45, 2.75) is 25.7 Å². The summed E-state index contributed by atoms with van der Waals surface area (Å²) in [7, 11) is 0. The third-order valence-electron chi connectivity index (χ3n) is 2.91. The third kappa shape index (κ3) is 3.66. The lowest BCUT2D eigenvalue weighted by Gasteiger charge is -2.19. The van der Waals surface area contributed by atoms with Crippen molar-refractivity contribution in [2.24, 2.45) is 5.92 Å². The van der Waals surface area contributed by atoms with E-state index in [1.807, 2.05) is 0 Å². The fourth-order valence-corrected chi connectivity index (χ4v) is 1.83. The van der Waals surface area contributed by atoms with Crippen LogP contribution in [0.4, 0.5) is 4.39 Å². The molecule has 1 N–H and O–H groups in total. The number of carbonyl (C=O) groups excluding carboxylic acids is 1. The van der Waals surface area contributed by atoms with Crippen molar-refractivity contribution < 1.29 is 19.1 Å². The standard InChI is InChI=1S/C13H15FO3/c1-9(10-4-6-11(14)7-5-10)12(13(16)17)3-2-8-15/h4-9,12H,2-3H2,1H3,(H,16,17). The molecule has 0 radical (unpaired) electrons. The molecule has 0 amide bonds. The van der Waals surface area contributed by atoms with Gasteiger partial charge in [0.1, 0.15) is 12.1 Å². The Morgan fingerprint density at radius 1 is 1.41 bits per heavy atom. The van der Waals surface area contributed by atoms with E-state index in [9.17, 15) is 14.0 Å². The minimum atomic E-state index is -0.927. The fourth-order valence-electron chi connectivity index (χ4n) is 1.83. The summed E-state index contributed by atoms with van der Waals surface area (Å²) in [6.07, 6.45) is 1.24. The van der Waals surface area contributed by atoms with Crippen LogP contribution >= 0.6 is 0 Å². The van der Waals surface area contributed by atoms with Crippen LogP contribution in [0.1, 0.15) is 31.2 Å². The minimum absolute atomic E-state index is 0.225. The summed E-state index contributed by atoms with van der Waals surface area (Å²) in [6.45, 7) is 1.77. The molecule has 17 heavy (non-hydrogen) atoms. The highest BCUT2D eigenvalue weighted by Gasteiger charge is 2.25. The van der Waals surface area contributed by atoms with Crippen LogP contribution in [0.5, 0.6) is 0 Å². The maximum Gasteiger partial charge on any atom is 0.307 e. The summed E-state index contributed by atoms with van der Waals surface area (Å²) in [6, 6.07) is 5.78. The monoisotopic (exact) mass is 238 g/mol. The van der Waals surface area contributed by atoms with Crippen LogP contribution in [0.15, 0.2) is 24.3 Å². The Hall–Kier alpha value is -1.71. The van der Waals surface area contributed by atoms with Crippen LogP contribution in [-0.2, 0) is 9.59 Å². The molecule has 0 aliphatic rings. The van der Waals surface area contributed by atoms with Gasteiger partial charge in [0.05, 0.1) is 5.92 Å². The number of aliphatic carboxylic acids is 1. The molecule has 1 aromatic rings. The van der Waals surface area contributed by atoms with E-state index in [0.717, 1.165) is 5.56 Å². The van der Waals surface area contributed by atoms with Gasteiger partial charge in [0.2, 0.25) is 0 Å². The van der Waals surface area contributed by atoms with Crippen molar-refractivity contribution >= 4 is 12.3 Å². The number of halogens is 1. The number of carbonyl (C=O) groups is 2. The minimum Gasteiger partial charge on any atom is -0.481 e. The van der Waals surface area contributed by atoms with E-state index in [-0.39, 0.29) is 18.2 Å². The molecule has 0 aromatic heterocycles. The third-order valence-corrected chi connectivity index (χ3v) is 2.91. The van der Waals surface area contributed by atoms with Gasteiger partial charge in [0.25, 0.3) is 0 Å². The van der Waals surface area contributed by atoms with Gasteiger partial charge in [-0.2, -0.15) is 0 Å². The van der Waals surface area contributed by atoms with Crippen LogP contribution in [0.2, 0.25) is 0 Å². The van der Waals surface area contributed by atoms with Gasteiger partial charge in [0, 0.05) is 6.42 Å². The molecular formula is C13H15FO3. The summed E-state index contributed by atoms with van der Waals surface area (Å²) < 4.78 is 12.7. The maximum absolute atomic E-state index is 12.7. The highest BCUT2D eigenvalue weighted by Crippen LogP contribution is 2.27. The quantitative estimate of drug-likeness (QED) is 0.775. The highest BCUT2D eigenvalue weighted by atomic mass is 19.1. The van der Waals surface area contributed by atoms with Crippen molar-refractivity contribution in [3.63, 3.8) is 0 Å². The molecular weight excluding hydrogens is 223 g/mol.